The summed E-state index contributed by atoms with van der Waals surface area (Å²) in [5.74, 6) is -0.526. The molecule has 0 aliphatic heterocycles. The highest BCUT2D eigenvalue weighted by Crippen LogP contribution is 2.31. The first-order chi connectivity index (χ1) is 9.34. The summed E-state index contributed by atoms with van der Waals surface area (Å²) in [5, 5.41) is 0. The first kappa shape index (κ1) is 15.9. The highest BCUT2D eigenvalue weighted by atomic mass is 79.9. The van der Waals surface area contributed by atoms with E-state index in [0.717, 1.165) is 31.7 Å². The van der Waals surface area contributed by atoms with Gasteiger partial charge in [0.25, 0.3) is 0 Å². The molecule has 0 spiro atoms. The molecule has 0 N–H and O–H groups in total. The van der Waals surface area contributed by atoms with Crippen molar-refractivity contribution in [2.45, 2.75) is 48.4 Å². The Morgan fingerprint density at radius 1 is 1.30 bits per heavy atom. The minimum Gasteiger partial charge on any atom is -0.207 e. The lowest BCUT2D eigenvalue weighted by Crippen LogP contribution is -2.44. The number of halogens is 2. The van der Waals surface area contributed by atoms with Gasteiger partial charge < -0.3 is 0 Å². The molecule has 1 aromatic rings. The van der Waals surface area contributed by atoms with Crippen molar-refractivity contribution in [3.8, 4) is 0 Å². The molecule has 0 saturated heterocycles. The van der Waals surface area contributed by atoms with E-state index in [-0.39, 0.29) is 15.8 Å². The van der Waals surface area contributed by atoms with Gasteiger partial charge in [-0.25, -0.2) is 12.8 Å². The predicted molar refractivity (Wildman–Crippen MR) is 81.1 cm³/mol. The van der Waals surface area contributed by atoms with E-state index in [0.29, 0.717) is 5.56 Å². The Bertz CT molecular complexity index is 591. The van der Waals surface area contributed by atoms with Gasteiger partial charge in [-0.3, -0.25) is 0 Å². The van der Waals surface area contributed by atoms with Gasteiger partial charge >= 0.3 is 0 Å². The van der Waals surface area contributed by atoms with E-state index >= 15 is 0 Å². The summed E-state index contributed by atoms with van der Waals surface area (Å²) in [7, 11) is -2.07. The Balaban J connectivity index is 2.36. The van der Waals surface area contributed by atoms with E-state index in [9.17, 15) is 12.8 Å². The van der Waals surface area contributed by atoms with Crippen LogP contribution in [0, 0.1) is 12.7 Å². The van der Waals surface area contributed by atoms with Crippen molar-refractivity contribution in [1.82, 2.24) is 4.31 Å². The van der Waals surface area contributed by atoms with E-state index in [1.807, 2.05) is 0 Å². The van der Waals surface area contributed by atoms with Crippen molar-refractivity contribution < 1.29 is 12.8 Å². The monoisotopic (exact) mass is 363 g/mol. The van der Waals surface area contributed by atoms with Crippen LogP contribution in [0.2, 0.25) is 0 Å². The topological polar surface area (TPSA) is 37.4 Å². The summed E-state index contributed by atoms with van der Waals surface area (Å²) in [4.78, 5) is 0.218. The smallest absolute Gasteiger partial charge is 0.207 e. The molecule has 0 amide bonds. The van der Waals surface area contributed by atoms with Crippen LogP contribution in [0.25, 0.3) is 0 Å². The summed E-state index contributed by atoms with van der Waals surface area (Å²) < 4.78 is 40.1. The number of benzene rings is 1. The van der Waals surface area contributed by atoms with Crippen LogP contribution in [0.4, 0.5) is 4.39 Å². The van der Waals surface area contributed by atoms with Gasteiger partial charge in [-0.05, 0) is 37.5 Å². The zero-order valence-corrected chi connectivity index (χ0v) is 14.0. The molecule has 0 bridgehead atoms. The molecule has 2 unspecified atom stereocenters. The van der Waals surface area contributed by atoms with E-state index in [2.05, 4.69) is 15.9 Å². The molecule has 0 aromatic heterocycles. The molecule has 6 heteroatoms. The number of rotatable bonds is 3. The molecule has 1 fully saturated rings. The number of sulfonamides is 1. The maximum Gasteiger partial charge on any atom is 0.243 e. The standard InChI is InChI=1S/C14H19BrFNO2S/c1-10-7-8-11(16)9-14(10)20(18,19)17(2)13-6-4-3-5-12(13)15/h7-9,12-13H,3-6H2,1-2H3. The van der Waals surface area contributed by atoms with Crippen LogP contribution in [-0.2, 0) is 10.0 Å². The quantitative estimate of drug-likeness (QED) is 0.771. The zero-order valence-electron chi connectivity index (χ0n) is 11.6. The number of nitrogens with zero attached hydrogens (tertiary/aromatic N) is 1. The molecule has 2 rings (SSSR count). The molecule has 2 atom stereocenters. The summed E-state index contributed by atoms with van der Waals surface area (Å²) in [6.07, 6.45) is 3.93. The number of alkyl halides is 1. The molecule has 1 aliphatic rings. The van der Waals surface area contributed by atoms with Crippen LogP contribution in [0.5, 0.6) is 0 Å². The van der Waals surface area contributed by atoms with Gasteiger partial charge in [0, 0.05) is 17.9 Å². The first-order valence-electron chi connectivity index (χ1n) is 6.72. The Kier molecular flexibility index (Phi) is 4.87. The fourth-order valence-corrected chi connectivity index (χ4v) is 5.42. The molecule has 3 nitrogen and oxygen atoms in total. The average molecular weight is 364 g/mol. The van der Waals surface area contributed by atoms with Gasteiger partial charge in [-0.1, -0.05) is 34.8 Å². The molecule has 1 aromatic carbocycles. The molecular formula is C14H19BrFNO2S. The van der Waals surface area contributed by atoms with Gasteiger partial charge in [-0.15, -0.1) is 0 Å². The molecule has 1 aliphatic carbocycles. The fourth-order valence-electron chi connectivity index (χ4n) is 2.66. The Morgan fingerprint density at radius 2 is 1.95 bits per heavy atom. The largest absolute Gasteiger partial charge is 0.243 e. The molecule has 112 valence electrons. The Labute approximate surface area is 128 Å². The Morgan fingerprint density at radius 3 is 2.60 bits per heavy atom. The second kappa shape index (κ2) is 6.12. The van der Waals surface area contributed by atoms with Gasteiger partial charge in [0.1, 0.15) is 5.82 Å². The SMILES string of the molecule is Cc1ccc(F)cc1S(=O)(=O)N(C)C1CCCCC1Br. The minimum absolute atomic E-state index is 0.0604. The van der Waals surface area contributed by atoms with Crippen LogP contribution < -0.4 is 0 Å². The van der Waals surface area contributed by atoms with E-state index in [4.69, 9.17) is 0 Å². The van der Waals surface area contributed by atoms with Crippen molar-refractivity contribution in [1.29, 1.82) is 0 Å². The summed E-state index contributed by atoms with van der Waals surface area (Å²) in [6, 6.07) is 3.81. The zero-order chi connectivity index (χ0) is 14.9. The molecule has 20 heavy (non-hydrogen) atoms. The lowest BCUT2D eigenvalue weighted by Gasteiger charge is -2.34. The van der Waals surface area contributed by atoms with Crippen LogP contribution in [-0.4, -0.2) is 30.6 Å². The fraction of sp³-hybridized carbons (Fsp3) is 0.571. The summed E-state index contributed by atoms with van der Waals surface area (Å²) in [5.41, 5.74) is 0.570. The predicted octanol–water partition coefficient (Wildman–Crippen LogP) is 3.46. The van der Waals surface area contributed by atoms with Gasteiger partial charge in [-0.2, -0.15) is 4.31 Å². The third kappa shape index (κ3) is 3.07. The van der Waals surface area contributed by atoms with Crippen LogP contribution in [0.1, 0.15) is 31.2 Å². The first-order valence-corrected chi connectivity index (χ1v) is 9.08. The molecule has 1 saturated carbocycles. The van der Waals surface area contributed by atoms with Crippen molar-refractivity contribution in [2.24, 2.45) is 0 Å². The third-order valence-electron chi connectivity index (χ3n) is 3.92. The molecule has 0 radical (unpaired) electrons. The summed E-state index contributed by atoms with van der Waals surface area (Å²) in [6.45, 7) is 1.69. The Hall–Kier alpha value is -0.460. The van der Waals surface area contributed by atoms with Crippen molar-refractivity contribution in [3.05, 3.63) is 29.6 Å². The van der Waals surface area contributed by atoms with Crippen LogP contribution >= 0.6 is 15.9 Å². The van der Waals surface area contributed by atoms with Crippen molar-refractivity contribution in [2.75, 3.05) is 7.05 Å². The van der Waals surface area contributed by atoms with Gasteiger partial charge in [0.05, 0.1) is 4.90 Å². The van der Waals surface area contributed by atoms with Crippen molar-refractivity contribution >= 4 is 26.0 Å². The number of hydrogen-bond donors (Lipinski definition) is 0. The molecular weight excluding hydrogens is 345 g/mol. The van der Waals surface area contributed by atoms with E-state index < -0.39 is 15.8 Å². The van der Waals surface area contributed by atoms with Crippen LogP contribution in [0.15, 0.2) is 23.1 Å². The molecule has 0 heterocycles. The second-order valence-electron chi connectivity index (χ2n) is 5.30. The summed E-state index contributed by atoms with van der Waals surface area (Å²) >= 11 is 3.57. The highest BCUT2D eigenvalue weighted by Gasteiger charge is 2.34. The lowest BCUT2D eigenvalue weighted by molar-refractivity contribution is 0.297. The maximum atomic E-state index is 13.4. The number of hydrogen-bond acceptors (Lipinski definition) is 2. The highest BCUT2D eigenvalue weighted by molar-refractivity contribution is 9.09. The second-order valence-corrected chi connectivity index (χ2v) is 8.44. The lowest BCUT2D eigenvalue weighted by atomic mass is 9.96. The normalized spacial score (nSPS) is 24.1. The van der Waals surface area contributed by atoms with E-state index in [1.165, 1.54) is 16.4 Å². The maximum absolute atomic E-state index is 13.4. The van der Waals surface area contributed by atoms with Gasteiger partial charge in [0.15, 0.2) is 0 Å². The van der Waals surface area contributed by atoms with Crippen LogP contribution in [0.3, 0.4) is 0 Å². The van der Waals surface area contributed by atoms with E-state index in [1.54, 1.807) is 14.0 Å². The van der Waals surface area contributed by atoms with Crippen molar-refractivity contribution in [3.63, 3.8) is 0 Å². The van der Waals surface area contributed by atoms with Gasteiger partial charge in [0.2, 0.25) is 10.0 Å². The number of aryl methyl sites for hydroxylation is 1. The average Bonchev–Trinajstić information content (AvgIpc) is 2.41. The minimum atomic E-state index is -3.66. The third-order valence-corrected chi connectivity index (χ3v) is 7.01.